The van der Waals surface area contributed by atoms with Crippen LogP contribution in [0.1, 0.15) is 5.56 Å². The molecule has 1 rings (SSSR count). The molecule has 0 heterocycles. The van der Waals surface area contributed by atoms with Crippen molar-refractivity contribution in [2.24, 2.45) is 0 Å². The van der Waals surface area contributed by atoms with Crippen molar-refractivity contribution >= 4 is 21.6 Å². The smallest absolute Gasteiger partial charge is 0.383 e. The highest BCUT2D eigenvalue weighted by Gasteiger charge is 2.37. The summed E-state index contributed by atoms with van der Waals surface area (Å²) < 4.78 is 69.6. The van der Waals surface area contributed by atoms with Crippen LogP contribution in [0, 0.1) is 0 Å². The maximum atomic E-state index is 12.9. The monoisotopic (exact) mass is 360 g/mol. The maximum Gasteiger partial charge on any atom is 0.417 e. The third-order valence-corrected chi connectivity index (χ3v) is 4.37. The van der Waals surface area contributed by atoms with Gasteiger partial charge in [-0.05, 0) is 18.2 Å². The van der Waals surface area contributed by atoms with E-state index in [0.29, 0.717) is 19.2 Å². The van der Waals surface area contributed by atoms with Crippen molar-refractivity contribution in [3.8, 4) is 0 Å². The highest BCUT2D eigenvalue weighted by molar-refractivity contribution is 7.89. The lowest BCUT2D eigenvalue weighted by Gasteiger charge is -2.14. The van der Waals surface area contributed by atoms with Gasteiger partial charge in [0, 0.05) is 31.8 Å². The van der Waals surface area contributed by atoms with Gasteiger partial charge in [-0.1, -0.05) is 11.6 Å². The molecule has 0 bridgehead atoms. The Bertz CT molecular complexity index is 594. The maximum absolute atomic E-state index is 12.9. The molecule has 0 unspecified atom stereocenters. The number of methoxy groups -OCH3 is 1. The summed E-state index contributed by atoms with van der Waals surface area (Å²) in [7, 11) is -2.77. The summed E-state index contributed by atoms with van der Waals surface area (Å²) in [5, 5.41) is 2.68. The highest BCUT2D eigenvalue weighted by Crippen LogP contribution is 2.35. The summed E-state index contributed by atoms with van der Waals surface area (Å²) in [6, 6.07) is 2.53. The second-order valence-electron chi connectivity index (χ2n) is 4.28. The molecule has 0 aliphatic heterocycles. The number of alkyl halides is 3. The number of ether oxygens (including phenoxy) is 1. The van der Waals surface area contributed by atoms with E-state index in [-0.39, 0.29) is 18.1 Å². The van der Waals surface area contributed by atoms with E-state index in [1.54, 1.807) is 0 Å². The second-order valence-corrected chi connectivity index (χ2v) is 6.45. The largest absolute Gasteiger partial charge is 0.417 e. The van der Waals surface area contributed by atoms with Crippen molar-refractivity contribution in [1.29, 1.82) is 0 Å². The molecule has 126 valence electrons. The SMILES string of the molecule is COCCNCCNS(=O)(=O)c1ccc(Cl)cc1C(F)(F)F. The van der Waals surface area contributed by atoms with E-state index in [1.165, 1.54) is 7.11 Å². The van der Waals surface area contributed by atoms with Crippen LogP contribution in [0.15, 0.2) is 23.1 Å². The zero-order chi connectivity index (χ0) is 16.8. The predicted octanol–water partition coefficient (Wildman–Crippen LogP) is 1.87. The van der Waals surface area contributed by atoms with Crippen LogP contribution in [0.2, 0.25) is 5.02 Å². The van der Waals surface area contributed by atoms with Gasteiger partial charge in [0.2, 0.25) is 10.0 Å². The molecule has 0 aliphatic carbocycles. The van der Waals surface area contributed by atoms with E-state index >= 15 is 0 Å². The van der Waals surface area contributed by atoms with Gasteiger partial charge in [0.1, 0.15) is 0 Å². The third-order valence-electron chi connectivity index (χ3n) is 2.61. The Morgan fingerprint density at radius 3 is 2.50 bits per heavy atom. The van der Waals surface area contributed by atoms with E-state index < -0.39 is 26.7 Å². The number of benzene rings is 1. The first-order valence-corrected chi connectivity index (χ1v) is 8.10. The molecule has 0 atom stereocenters. The van der Waals surface area contributed by atoms with Crippen LogP contribution in [0.3, 0.4) is 0 Å². The zero-order valence-corrected chi connectivity index (χ0v) is 13.3. The first-order valence-electron chi connectivity index (χ1n) is 6.24. The van der Waals surface area contributed by atoms with Gasteiger partial charge in [0.05, 0.1) is 17.1 Å². The molecule has 1 aromatic carbocycles. The number of halogens is 4. The Balaban J connectivity index is 2.81. The van der Waals surface area contributed by atoms with Crippen LogP contribution in [0.25, 0.3) is 0 Å². The second kappa shape index (κ2) is 8.11. The molecule has 10 heteroatoms. The van der Waals surface area contributed by atoms with Crippen LogP contribution in [0.4, 0.5) is 13.2 Å². The first-order chi connectivity index (χ1) is 10.2. The Hall–Kier alpha value is -0.870. The zero-order valence-electron chi connectivity index (χ0n) is 11.7. The van der Waals surface area contributed by atoms with Gasteiger partial charge in [-0.2, -0.15) is 13.2 Å². The normalized spacial score (nSPS) is 12.6. The molecule has 0 radical (unpaired) electrons. The summed E-state index contributed by atoms with van der Waals surface area (Å²) in [5.41, 5.74) is -1.29. The molecule has 0 aliphatic rings. The highest BCUT2D eigenvalue weighted by atomic mass is 35.5. The lowest BCUT2D eigenvalue weighted by molar-refractivity contribution is -0.139. The lowest BCUT2D eigenvalue weighted by Crippen LogP contribution is -2.34. The van der Waals surface area contributed by atoms with Gasteiger partial charge >= 0.3 is 6.18 Å². The number of sulfonamides is 1. The van der Waals surface area contributed by atoms with Crippen LogP contribution >= 0.6 is 11.6 Å². The third kappa shape index (κ3) is 5.73. The van der Waals surface area contributed by atoms with Crippen LogP contribution in [-0.2, 0) is 20.9 Å². The number of rotatable bonds is 8. The van der Waals surface area contributed by atoms with E-state index in [2.05, 4.69) is 10.0 Å². The Kier molecular flexibility index (Phi) is 7.07. The Morgan fingerprint density at radius 2 is 1.91 bits per heavy atom. The van der Waals surface area contributed by atoms with Crippen molar-refractivity contribution < 1.29 is 26.3 Å². The standard InChI is InChI=1S/C12H16ClF3N2O3S/c1-21-7-6-17-4-5-18-22(19,20)11-3-2-9(13)8-10(11)12(14,15)16/h2-3,8,17-18H,4-7H2,1H3. The fraction of sp³-hybridized carbons (Fsp3) is 0.500. The molecule has 0 spiro atoms. The molecule has 0 aromatic heterocycles. The van der Waals surface area contributed by atoms with Gasteiger partial charge in [0.25, 0.3) is 0 Å². The van der Waals surface area contributed by atoms with Gasteiger partial charge in [0.15, 0.2) is 0 Å². The fourth-order valence-corrected chi connectivity index (χ4v) is 3.02. The van der Waals surface area contributed by atoms with Crippen LogP contribution in [-0.4, -0.2) is 41.8 Å². The minimum Gasteiger partial charge on any atom is -0.383 e. The minimum atomic E-state index is -4.81. The molecule has 22 heavy (non-hydrogen) atoms. The average molecular weight is 361 g/mol. The van der Waals surface area contributed by atoms with Gasteiger partial charge < -0.3 is 10.1 Å². The molecular weight excluding hydrogens is 345 g/mol. The molecule has 0 saturated carbocycles. The van der Waals surface area contributed by atoms with E-state index in [9.17, 15) is 21.6 Å². The predicted molar refractivity (Wildman–Crippen MR) is 76.4 cm³/mol. The van der Waals surface area contributed by atoms with Crippen LogP contribution < -0.4 is 10.0 Å². The van der Waals surface area contributed by atoms with Crippen LogP contribution in [0.5, 0.6) is 0 Å². The van der Waals surface area contributed by atoms with Crippen molar-refractivity contribution in [1.82, 2.24) is 10.0 Å². The van der Waals surface area contributed by atoms with E-state index in [4.69, 9.17) is 16.3 Å². The molecule has 0 fully saturated rings. The average Bonchev–Trinajstić information content (AvgIpc) is 2.41. The molecule has 1 aromatic rings. The summed E-state index contributed by atoms with van der Waals surface area (Å²) >= 11 is 5.51. The first kappa shape index (κ1) is 19.2. The minimum absolute atomic E-state index is 0.0496. The van der Waals surface area contributed by atoms with Gasteiger partial charge in [-0.3, -0.25) is 0 Å². The molecule has 5 nitrogen and oxygen atoms in total. The molecule has 0 amide bonds. The quantitative estimate of drug-likeness (QED) is 0.695. The topological polar surface area (TPSA) is 67.4 Å². The van der Waals surface area contributed by atoms with E-state index in [0.717, 1.165) is 12.1 Å². The number of nitrogens with one attached hydrogen (secondary N) is 2. The van der Waals surface area contributed by atoms with Crippen molar-refractivity contribution in [3.05, 3.63) is 28.8 Å². The van der Waals surface area contributed by atoms with Crippen molar-refractivity contribution in [2.45, 2.75) is 11.1 Å². The Labute approximate surface area is 131 Å². The lowest BCUT2D eigenvalue weighted by atomic mass is 10.2. The molecule has 2 N–H and O–H groups in total. The van der Waals surface area contributed by atoms with E-state index in [1.807, 2.05) is 0 Å². The van der Waals surface area contributed by atoms with Crippen molar-refractivity contribution in [3.63, 3.8) is 0 Å². The number of hydrogen-bond acceptors (Lipinski definition) is 4. The van der Waals surface area contributed by atoms with Gasteiger partial charge in [-0.25, -0.2) is 13.1 Å². The summed E-state index contributed by atoms with van der Waals surface area (Å²) in [4.78, 5) is -0.846. The molecular formula is C12H16ClF3N2O3S. The molecule has 0 saturated heterocycles. The summed E-state index contributed by atoms with van der Waals surface area (Å²) in [6.45, 7) is 1.17. The fourth-order valence-electron chi connectivity index (χ4n) is 1.61. The Morgan fingerprint density at radius 1 is 1.23 bits per heavy atom. The number of hydrogen-bond donors (Lipinski definition) is 2. The summed E-state index contributed by atoms with van der Waals surface area (Å²) in [5.74, 6) is 0. The van der Waals surface area contributed by atoms with Crippen molar-refractivity contribution in [2.75, 3.05) is 33.4 Å². The summed E-state index contributed by atoms with van der Waals surface area (Å²) in [6.07, 6.45) is -4.81. The van der Waals surface area contributed by atoms with Gasteiger partial charge in [-0.15, -0.1) is 0 Å².